The minimum Gasteiger partial charge on any atom is -0.102 e. The minimum absolute atomic E-state index is 0.0306. The van der Waals surface area contributed by atoms with Crippen LogP contribution < -0.4 is 0 Å². The Morgan fingerprint density at radius 2 is 1.74 bits per heavy atom. The van der Waals surface area contributed by atoms with Crippen LogP contribution in [-0.2, 0) is 5.41 Å². The molecule has 0 heteroatoms. The molecule has 1 aromatic carbocycles. The van der Waals surface area contributed by atoms with Gasteiger partial charge in [-0.25, -0.2) is 0 Å². The Labute approximate surface area is 116 Å². The van der Waals surface area contributed by atoms with E-state index in [0.717, 1.165) is 0 Å². The van der Waals surface area contributed by atoms with Gasteiger partial charge in [0, 0.05) is 11.3 Å². The van der Waals surface area contributed by atoms with Gasteiger partial charge in [0.05, 0.1) is 0 Å². The van der Waals surface area contributed by atoms with Crippen LogP contribution in [0.25, 0.3) is 12.2 Å². The van der Waals surface area contributed by atoms with Crippen molar-refractivity contribution in [1.82, 2.24) is 0 Å². The van der Waals surface area contributed by atoms with Gasteiger partial charge in [0.25, 0.3) is 0 Å². The van der Waals surface area contributed by atoms with Gasteiger partial charge >= 0.3 is 0 Å². The van der Waals surface area contributed by atoms with E-state index in [1.807, 2.05) is 19.9 Å². The van der Waals surface area contributed by atoms with Gasteiger partial charge in [-0.1, -0.05) is 75.9 Å². The maximum atomic E-state index is 4.24. The second kappa shape index (κ2) is 5.05. The van der Waals surface area contributed by atoms with E-state index in [1.165, 1.54) is 22.3 Å². The molecule has 0 saturated carbocycles. The third kappa shape index (κ3) is 1.83. The summed E-state index contributed by atoms with van der Waals surface area (Å²) in [4.78, 5) is 0. The predicted molar refractivity (Wildman–Crippen MR) is 86.0 cm³/mol. The molecule has 0 nitrogen and oxygen atoms in total. The van der Waals surface area contributed by atoms with E-state index in [4.69, 9.17) is 0 Å². The lowest BCUT2D eigenvalue weighted by molar-refractivity contribution is 0.477. The molecule has 0 bridgehead atoms. The lowest BCUT2D eigenvalue weighted by Crippen LogP contribution is -2.36. The molecule has 0 N–H and O–H groups in total. The molecule has 3 rings (SSSR count). The predicted octanol–water partition coefficient (Wildman–Crippen LogP) is 5.38. The van der Waals surface area contributed by atoms with Crippen LogP contribution in [0.5, 0.6) is 0 Å². The molecule has 2 aliphatic rings. The highest BCUT2D eigenvalue weighted by Crippen LogP contribution is 2.49. The molecule has 0 fully saturated rings. The van der Waals surface area contributed by atoms with Crippen LogP contribution in [0.2, 0.25) is 0 Å². The van der Waals surface area contributed by atoms with Crippen molar-refractivity contribution in [2.24, 2.45) is 5.92 Å². The molecule has 2 aliphatic carbocycles. The van der Waals surface area contributed by atoms with E-state index in [2.05, 4.69) is 62.6 Å². The highest BCUT2D eigenvalue weighted by molar-refractivity contribution is 5.75. The number of allylic oxidation sites excluding steroid dienone is 4. The summed E-state index contributed by atoms with van der Waals surface area (Å²) in [7, 11) is 0. The molecule has 0 aromatic heterocycles. The highest BCUT2D eigenvalue weighted by atomic mass is 14.4. The average Bonchev–Trinajstić information content (AvgIpc) is 2.46. The average molecular weight is 250 g/mol. The van der Waals surface area contributed by atoms with Crippen molar-refractivity contribution in [3.05, 3.63) is 71.8 Å². The van der Waals surface area contributed by atoms with Gasteiger partial charge in [-0.05, 0) is 22.3 Å². The Bertz CT molecular complexity index is 572. The summed E-state index contributed by atoms with van der Waals surface area (Å²) in [5.41, 5.74) is 5.17. The van der Waals surface area contributed by atoms with E-state index in [0.29, 0.717) is 5.92 Å². The first-order chi connectivity index (χ1) is 9.17. The summed E-state index contributed by atoms with van der Waals surface area (Å²) in [6.07, 6.45) is 10.8. The standard InChI is InChI=1S/C17H16.C2H6/c1-4-15-11-10-14-7-5-6-13-9-8-12(2)17(15,3)16(13)14;1-2/h4-11,15H,1-2H2,3H3;1-2H3. The van der Waals surface area contributed by atoms with Crippen molar-refractivity contribution in [2.45, 2.75) is 26.2 Å². The summed E-state index contributed by atoms with van der Waals surface area (Å²) in [6.45, 7) is 14.5. The topological polar surface area (TPSA) is 0 Å². The Hall–Kier alpha value is -1.82. The van der Waals surface area contributed by atoms with Gasteiger partial charge in [0.1, 0.15) is 0 Å². The number of hydrogen-bond donors (Lipinski definition) is 0. The summed E-state index contributed by atoms with van der Waals surface area (Å²) < 4.78 is 0. The zero-order valence-electron chi connectivity index (χ0n) is 12.1. The largest absolute Gasteiger partial charge is 0.102 e. The molecule has 0 spiro atoms. The second-order valence-electron chi connectivity index (χ2n) is 4.99. The van der Waals surface area contributed by atoms with Crippen molar-refractivity contribution in [2.75, 3.05) is 0 Å². The van der Waals surface area contributed by atoms with Gasteiger partial charge in [0.2, 0.25) is 0 Å². The molecule has 0 amide bonds. The minimum atomic E-state index is -0.0306. The van der Waals surface area contributed by atoms with Gasteiger partial charge in [0.15, 0.2) is 0 Å². The highest BCUT2D eigenvalue weighted by Gasteiger charge is 2.40. The van der Waals surface area contributed by atoms with Gasteiger partial charge in [-0.2, -0.15) is 0 Å². The molecular weight excluding hydrogens is 228 g/mol. The molecule has 2 atom stereocenters. The molecular formula is C19H22. The van der Waals surface area contributed by atoms with Crippen LogP contribution in [0.3, 0.4) is 0 Å². The van der Waals surface area contributed by atoms with E-state index in [9.17, 15) is 0 Å². The van der Waals surface area contributed by atoms with Crippen molar-refractivity contribution in [1.29, 1.82) is 0 Å². The monoisotopic (exact) mass is 250 g/mol. The summed E-state index contributed by atoms with van der Waals surface area (Å²) >= 11 is 0. The van der Waals surface area contributed by atoms with Crippen LogP contribution in [0.15, 0.2) is 55.2 Å². The molecule has 19 heavy (non-hydrogen) atoms. The zero-order chi connectivity index (χ0) is 14.0. The van der Waals surface area contributed by atoms with Crippen molar-refractivity contribution < 1.29 is 0 Å². The number of hydrogen-bond acceptors (Lipinski definition) is 0. The van der Waals surface area contributed by atoms with E-state index in [-0.39, 0.29) is 5.41 Å². The maximum absolute atomic E-state index is 4.24. The smallest absolute Gasteiger partial charge is 0.0277 e. The first-order valence-electron chi connectivity index (χ1n) is 6.99. The Balaban J connectivity index is 0.000000637. The third-order valence-corrected chi connectivity index (χ3v) is 4.18. The van der Waals surface area contributed by atoms with Crippen LogP contribution in [0.1, 0.15) is 37.5 Å². The lowest BCUT2D eigenvalue weighted by atomic mass is 9.60. The summed E-state index contributed by atoms with van der Waals surface area (Å²) in [5.74, 6) is 0.327. The molecule has 0 saturated heterocycles. The van der Waals surface area contributed by atoms with Crippen molar-refractivity contribution in [3.63, 3.8) is 0 Å². The van der Waals surface area contributed by atoms with Crippen LogP contribution in [0, 0.1) is 5.92 Å². The molecule has 0 heterocycles. The van der Waals surface area contributed by atoms with Crippen molar-refractivity contribution in [3.8, 4) is 0 Å². The fourth-order valence-electron chi connectivity index (χ4n) is 3.09. The first-order valence-corrected chi connectivity index (χ1v) is 6.99. The van der Waals surface area contributed by atoms with Crippen LogP contribution in [-0.4, -0.2) is 0 Å². The van der Waals surface area contributed by atoms with Gasteiger partial charge < -0.3 is 0 Å². The molecule has 0 radical (unpaired) electrons. The summed E-state index contributed by atoms with van der Waals surface area (Å²) in [5, 5.41) is 0. The quantitative estimate of drug-likeness (QED) is 0.587. The molecule has 98 valence electrons. The fourth-order valence-corrected chi connectivity index (χ4v) is 3.09. The first kappa shape index (κ1) is 13.6. The molecule has 0 aliphatic heterocycles. The van der Waals surface area contributed by atoms with Crippen LogP contribution in [0.4, 0.5) is 0 Å². The molecule has 2 unspecified atom stereocenters. The van der Waals surface area contributed by atoms with Gasteiger partial charge in [-0.15, -0.1) is 6.58 Å². The van der Waals surface area contributed by atoms with E-state index >= 15 is 0 Å². The lowest BCUT2D eigenvalue weighted by Gasteiger charge is -2.42. The Morgan fingerprint density at radius 1 is 1.11 bits per heavy atom. The SMILES string of the molecule is C=CC1C=Cc2cccc3c2C1(C)C(=C)C=C3.CC. The zero-order valence-corrected chi connectivity index (χ0v) is 12.1. The third-order valence-electron chi connectivity index (χ3n) is 4.18. The fraction of sp³-hybridized carbons (Fsp3) is 0.263. The normalized spacial score (nSPS) is 26.3. The van der Waals surface area contributed by atoms with E-state index in [1.54, 1.807) is 0 Å². The van der Waals surface area contributed by atoms with Crippen molar-refractivity contribution >= 4 is 12.2 Å². The maximum Gasteiger partial charge on any atom is 0.0277 e. The molecule has 1 aromatic rings. The second-order valence-corrected chi connectivity index (χ2v) is 4.99. The summed E-state index contributed by atoms with van der Waals surface area (Å²) in [6, 6.07) is 6.48. The Kier molecular flexibility index (Phi) is 3.61. The number of benzene rings is 1. The van der Waals surface area contributed by atoms with E-state index < -0.39 is 0 Å². The van der Waals surface area contributed by atoms with Gasteiger partial charge in [-0.3, -0.25) is 0 Å². The number of rotatable bonds is 1. The van der Waals surface area contributed by atoms with Crippen LogP contribution >= 0.6 is 0 Å². The Morgan fingerprint density at radius 3 is 2.37 bits per heavy atom.